The van der Waals surface area contributed by atoms with E-state index in [9.17, 15) is 33.9 Å². The van der Waals surface area contributed by atoms with E-state index in [1.54, 1.807) is 37.3 Å². The number of aliphatic imine (C=N–C) groups is 1. The number of aromatic hydroxyl groups is 1. The highest BCUT2D eigenvalue weighted by Crippen LogP contribution is 2.28. The van der Waals surface area contributed by atoms with Crippen LogP contribution in [0, 0.1) is 0 Å². The number of nitrogens with one attached hydrogen (secondary N) is 7. The first kappa shape index (κ1) is 54.9. The van der Waals surface area contributed by atoms with Crippen molar-refractivity contribution in [3.8, 4) is 11.5 Å². The summed E-state index contributed by atoms with van der Waals surface area (Å²) in [6, 6.07) is 29.9. The summed E-state index contributed by atoms with van der Waals surface area (Å²) in [4.78, 5) is 80.0. The third-order valence-corrected chi connectivity index (χ3v) is 10.8. The maximum absolute atomic E-state index is 14.4. The topological polar surface area (TPSA) is 290 Å². The van der Waals surface area contributed by atoms with Crippen LogP contribution in [-0.4, -0.2) is 98.2 Å². The van der Waals surface area contributed by atoms with E-state index in [4.69, 9.17) is 20.9 Å². The number of hydrogen-bond acceptors (Lipinski definition) is 10. The largest absolute Gasteiger partial charge is 0.508 e. The quantitative estimate of drug-likeness (QED) is 0.0210. The van der Waals surface area contributed by atoms with Crippen LogP contribution in [0.5, 0.6) is 11.5 Å². The molecule has 0 saturated heterocycles. The Labute approximate surface area is 409 Å². The number of guanidine groups is 1. The van der Waals surface area contributed by atoms with Gasteiger partial charge in [0.25, 0.3) is 0 Å². The number of phenols is 1. The summed E-state index contributed by atoms with van der Waals surface area (Å²) in [7, 11) is 0. The molecule has 0 spiro atoms. The molecule has 1 unspecified atom stereocenters. The van der Waals surface area contributed by atoms with Gasteiger partial charge in [-0.3, -0.25) is 19.2 Å². The van der Waals surface area contributed by atoms with Crippen molar-refractivity contribution in [3.63, 3.8) is 0 Å². The second kappa shape index (κ2) is 31.4. The zero-order chi connectivity index (χ0) is 50.4. The van der Waals surface area contributed by atoms with Gasteiger partial charge in [-0.1, -0.05) is 91.9 Å². The Bertz CT molecular complexity index is 2270. The lowest BCUT2D eigenvalue weighted by Crippen LogP contribution is -2.48. The average Bonchev–Trinajstić information content (AvgIpc) is 3.36. The average molecular weight is 965 g/mol. The molecule has 4 rings (SSSR count). The Balaban J connectivity index is 1.26. The maximum atomic E-state index is 14.4. The van der Waals surface area contributed by atoms with E-state index in [0.717, 1.165) is 11.1 Å². The molecule has 0 aliphatic rings. The van der Waals surface area contributed by atoms with Crippen molar-refractivity contribution in [2.45, 2.75) is 89.4 Å². The Hall–Kier alpha value is -7.67. The van der Waals surface area contributed by atoms with Gasteiger partial charge in [0.1, 0.15) is 24.1 Å². The predicted octanol–water partition coefficient (Wildman–Crippen LogP) is 3.94. The van der Waals surface area contributed by atoms with Crippen LogP contribution in [0.1, 0.15) is 86.5 Å². The summed E-state index contributed by atoms with van der Waals surface area (Å²) in [5.41, 5.74) is 15.0. The minimum atomic E-state index is -0.975. The van der Waals surface area contributed by atoms with Crippen LogP contribution in [0.25, 0.3) is 0 Å². The molecule has 12 N–H and O–H groups in total. The molecule has 4 aromatic carbocycles. The molecule has 7 amide bonds. The van der Waals surface area contributed by atoms with Gasteiger partial charge < -0.3 is 63.3 Å². The summed E-state index contributed by atoms with van der Waals surface area (Å²) in [5, 5.41) is 29.2. The second-order valence-electron chi connectivity index (χ2n) is 16.3. The van der Waals surface area contributed by atoms with Crippen LogP contribution >= 0.6 is 0 Å². The van der Waals surface area contributed by atoms with Crippen molar-refractivity contribution in [1.29, 1.82) is 0 Å². The first-order chi connectivity index (χ1) is 33.9. The Kier molecular flexibility index (Phi) is 24.6. The highest BCUT2D eigenvalue weighted by atomic mass is 16.5. The van der Waals surface area contributed by atoms with E-state index in [1.807, 2.05) is 66.7 Å². The highest BCUT2D eigenvalue weighted by molar-refractivity contribution is 5.93. The number of rotatable bonds is 29. The molecule has 19 nitrogen and oxygen atoms in total. The Morgan fingerprint density at radius 1 is 0.629 bits per heavy atom. The summed E-state index contributed by atoms with van der Waals surface area (Å²) in [6.45, 7) is 3.89. The lowest BCUT2D eigenvalue weighted by atomic mass is 9.90. The summed E-state index contributed by atoms with van der Waals surface area (Å²) in [6.07, 6.45) is 3.44. The van der Waals surface area contributed by atoms with Gasteiger partial charge in [0.2, 0.25) is 23.6 Å². The molecule has 0 saturated carbocycles. The third-order valence-electron chi connectivity index (χ3n) is 10.8. The summed E-state index contributed by atoms with van der Waals surface area (Å²) in [5.74, 6) is -1.55. The number of phenolic OH excluding ortho intramolecular Hbond substituents is 1. The molecular formula is C51H68N10O9. The zero-order valence-electron chi connectivity index (χ0n) is 39.8. The Morgan fingerprint density at radius 3 is 2.04 bits per heavy atom. The Morgan fingerprint density at radius 2 is 1.30 bits per heavy atom. The summed E-state index contributed by atoms with van der Waals surface area (Å²) < 4.78 is 11.3. The molecule has 0 aromatic heterocycles. The monoisotopic (exact) mass is 965 g/mol. The van der Waals surface area contributed by atoms with E-state index < -0.39 is 41.9 Å². The standard InChI is InChI=1S/C51H68N10O9/c1-2-44(63)54-30-31-57-50(67)61-49(53)56-29-14-22-43(47(65)59-34-36-23-25-40(62)26-24-36)60-48(66)45(38-17-7-4-8-18-38)39-19-13-20-41(33-39)69-32-12-11-27-55-46(64)42(52)21-9-10-28-58-51(68)70-35-37-15-5-3-6-16-37/h3-8,13,15-20,23-26,33,42-43,45,62H,2,9-12,14,21-22,27-32,34-35,52H2,1H3,(H,54,63)(H,55,64)(H,58,68)(H,59,65)(H,60,66)(H4,53,56,57,61,67)/t42-,43+,45?/m0/s1. The normalized spacial score (nSPS) is 12.3. The number of benzene rings is 4. The van der Waals surface area contributed by atoms with Gasteiger partial charge in [0.15, 0.2) is 5.96 Å². The number of nitrogens with zero attached hydrogens (tertiary/aromatic N) is 1. The van der Waals surface area contributed by atoms with Crippen molar-refractivity contribution >= 4 is 41.7 Å². The zero-order valence-corrected chi connectivity index (χ0v) is 39.8. The minimum absolute atomic E-state index is 0.0906. The van der Waals surface area contributed by atoms with E-state index in [1.165, 1.54) is 12.1 Å². The highest BCUT2D eigenvalue weighted by Gasteiger charge is 2.28. The third kappa shape index (κ3) is 21.5. The number of hydrogen-bond donors (Lipinski definition) is 10. The fourth-order valence-electron chi connectivity index (χ4n) is 6.93. The van der Waals surface area contributed by atoms with Crippen LogP contribution in [0.4, 0.5) is 9.59 Å². The fraction of sp³-hybridized carbons (Fsp3) is 0.392. The lowest BCUT2D eigenvalue weighted by molar-refractivity contribution is -0.129. The predicted molar refractivity (Wildman–Crippen MR) is 266 cm³/mol. The number of urea groups is 1. The molecule has 0 fully saturated rings. The fourth-order valence-corrected chi connectivity index (χ4v) is 6.93. The first-order valence-corrected chi connectivity index (χ1v) is 23.7. The van der Waals surface area contributed by atoms with Crippen LogP contribution in [-0.2, 0) is 37.1 Å². The second-order valence-corrected chi connectivity index (χ2v) is 16.3. The van der Waals surface area contributed by atoms with Crippen molar-refractivity contribution in [2.24, 2.45) is 16.5 Å². The number of alkyl carbamates (subject to hydrolysis) is 1. The molecule has 0 aliphatic carbocycles. The van der Waals surface area contributed by atoms with E-state index in [0.29, 0.717) is 81.5 Å². The lowest BCUT2D eigenvalue weighted by Gasteiger charge is -2.24. The van der Waals surface area contributed by atoms with Crippen LogP contribution in [0.3, 0.4) is 0 Å². The summed E-state index contributed by atoms with van der Waals surface area (Å²) >= 11 is 0. The molecule has 0 heterocycles. The van der Waals surface area contributed by atoms with Crippen molar-refractivity contribution in [2.75, 3.05) is 39.3 Å². The molecule has 4 aromatic rings. The van der Waals surface area contributed by atoms with Gasteiger partial charge in [-0.2, -0.15) is 4.99 Å². The number of amides is 7. The molecule has 0 aliphatic heterocycles. The van der Waals surface area contributed by atoms with Crippen molar-refractivity contribution in [3.05, 3.63) is 131 Å². The molecule has 3 atom stereocenters. The van der Waals surface area contributed by atoms with E-state index >= 15 is 0 Å². The number of ether oxygens (including phenoxy) is 2. The van der Waals surface area contributed by atoms with Crippen LogP contribution in [0.2, 0.25) is 0 Å². The van der Waals surface area contributed by atoms with Gasteiger partial charge in [-0.05, 0) is 91.5 Å². The minimum Gasteiger partial charge on any atom is -0.508 e. The first-order valence-electron chi connectivity index (χ1n) is 23.7. The van der Waals surface area contributed by atoms with Gasteiger partial charge in [-0.15, -0.1) is 0 Å². The number of carbonyl (C=O) groups excluding carboxylic acids is 6. The molecule has 0 radical (unpaired) electrons. The molecule has 19 heteroatoms. The van der Waals surface area contributed by atoms with Crippen LogP contribution in [0.15, 0.2) is 114 Å². The van der Waals surface area contributed by atoms with Crippen molar-refractivity contribution < 1.29 is 43.3 Å². The maximum Gasteiger partial charge on any atom is 0.407 e. The van der Waals surface area contributed by atoms with E-state index in [-0.39, 0.29) is 62.7 Å². The number of carbonyl (C=O) groups is 6. The molecule has 70 heavy (non-hydrogen) atoms. The van der Waals surface area contributed by atoms with Gasteiger partial charge in [0.05, 0.1) is 18.6 Å². The number of unbranched alkanes of at least 4 members (excludes halogenated alkanes) is 2. The van der Waals surface area contributed by atoms with Gasteiger partial charge in [0, 0.05) is 45.7 Å². The van der Waals surface area contributed by atoms with Gasteiger partial charge in [-0.25, -0.2) is 9.59 Å². The van der Waals surface area contributed by atoms with Crippen LogP contribution < -0.4 is 53.4 Å². The SMILES string of the molecule is CCC(=O)NCCNC(=O)/N=C(/N)NCCC[C@@H](NC(=O)C(c1ccccc1)c1cccc(OCCCCNC(=O)[C@@H](N)CCCCNC(=O)OCc2ccccc2)c1)C(=O)NCc1ccc(O)cc1. The molecular weight excluding hydrogens is 897 g/mol. The molecule has 0 bridgehead atoms. The van der Waals surface area contributed by atoms with Crippen molar-refractivity contribution in [1.82, 2.24) is 37.2 Å². The van der Waals surface area contributed by atoms with E-state index in [2.05, 4.69) is 42.2 Å². The number of nitrogens with two attached hydrogens (primary N) is 2. The molecule has 376 valence electrons. The smallest absolute Gasteiger partial charge is 0.407 e. The van der Waals surface area contributed by atoms with Gasteiger partial charge >= 0.3 is 12.1 Å².